The molecule has 6 nitrogen and oxygen atoms in total. The highest BCUT2D eigenvalue weighted by Gasteiger charge is 2.26. The molecule has 0 radical (unpaired) electrons. The summed E-state index contributed by atoms with van der Waals surface area (Å²) in [5.74, 6) is 1.55. The van der Waals surface area contributed by atoms with Gasteiger partial charge >= 0.3 is 0 Å². The number of nitrogens with zero attached hydrogens (tertiary/aromatic N) is 3. The van der Waals surface area contributed by atoms with Crippen LogP contribution in [0.3, 0.4) is 0 Å². The van der Waals surface area contributed by atoms with E-state index in [0.29, 0.717) is 37.7 Å². The smallest absolute Gasteiger partial charge is 0.264 e. The molecule has 2 amide bonds. The minimum atomic E-state index is -0.0658. The summed E-state index contributed by atoms with van der Waals surface area (Å²) in [5.41, 5.74) is 4.27. The second kappa shape index (κ2) is 15.0. The monoisotopic (exact) mass is 567 g/mol. The Morgan fingerprint density at radius 2 is 1.50 bits per heavy atom. The zero-order valence-electron chi connectivity index (χ0n) is 25.0. The van der Waals surface area contributed by atoms with Crippen molar-refractivity contribution in [2.75, 3.05) is 37.7 Å². The van der Waals surface area contributed by atoms with Crippen LogP contribution in [0, 0.1) is 12.8 Å². The average Bonchev–Trinajstić information content (AvgIpc) is 2.97. The molecule has 3 aromatic carbocycles. The Morgan fingerprint density at radius 1 is 0.786 bits per heavy atom. The number of amides is 2. The number of carbonyl (C=O) groups is 2. The van der Waals surface area contributed by atoms with Gasteiger partial charge in [-0.15, -0.1) is 0 Å². The van der Waals surface area contributed by atoms with Gasteiger partial charge in [0, 0.05) is 45.7 Å². The van der Waals surface area contributed by atoms with Crippen LogP contribution >= 0.6 is 0 Å². The molecule has 0 aromatic heterocycles. The molecule has 1 aliphatic carbocycles. The van der Waals surface area contributed by atoms with Crippen molar-refractivity contribution in [2.45, 2.75) is 65.0 Å². The van der Waals surface area contributed by atoms with Crippen molar-refractivity contribution < 1.29 is 14.3 Å². The van der Waals surface area contributed by atoms with Gasteiger partial charge in [-0.3, -0.25) is 14.5 Å². The highest BCUT2D eigenvalue weighted by atomic mass is 16.5. The molecule has 0 unspecified atom stereocenters. The molecule has 0 N–H and O–H groups in total. The fourth-order valence-electron chi connectivity index (χ4n) is 6.15. The van der Waals surface area contributed by atoms with Crippen LogP contribution in [0.25, 0.3) is 0 Å². The molecule has 42 heavy (non-hydrogen) atoms. The number of carbonyl (C=O) groups excluding carboxylic acids is 2. The first kappa shape index (κ1) is 29.8. The first-order valence-corrected chi connectivity index (χ1v) is 15.7. The summed E-state index contributed by atoms with van der Waals surface area (Å²) in [4.78, 5) is 33.9. The maximum Gasteiger partial charge on any atom is 0.264 e. The van der Waals surface area contributed by atoms with Crippen LogP contribution in [0.5, 0.6) is 5.75 Å². The first-order valence-electron chi connectivity index (χ1n) is 15.7. The molecule has 222 valence electrons. The zero-order chi connectivity index (χ0) is 29.1. The van der Waals surface area contributed by atoms with Crippen molar-refractivity contribution in [3.05, 3.63) is 95.6 Å². The highest BCUT2D eigenvalue weighted by Crippen LogP contribution is 2.32. The van der Waals surface area contributed by atoms with E-state index in [2.05, 4.69) is 48.2 Å². The molecule has 2 aliphatic rings. The lowest BCUT2D eigenvalue weighted by Gasteiger charge is -2.33. The summed E-state index contributed by atoms with van der Waals surface area (Å²) in [6.07, 6.45) is 7.17. The van der Waals surface area contributed by atoms with E-state index in [1.165, 1.54) is 24.8 Å². The van der Waals surface area contributed by atoms with Crippen molar-refractivity contribution in [1.82, 2.24) is 9.80 Å². The third kappa shape index (κ3) is 8.22. The van der Waals surface area contributed by atoms with Crippen molar-refractivity contribution in [2.24, 2.45) is 5.92 Å². The summed E-state index contributed by atoms with van der Waals surface area (Å²) >= 11 is 0. The standard InChI is InChI=1S/C36H45N3O3/c1-29-12-8-17-32-27-38(34(40)21-20-30-15-9-16-30)24-10-22-37(26-31-13-4-2-5-14-31)23-11-25-39(36(29)32)35(41)28-42-33-18-6-3-7-19-33/h2-8,12-14,17-19,30H,9-11,15-16,20-28H2,1H3. The number of aryl methyl sites for hydroxylation is 1. The number of ether oxygens (including phenoxy) is 1. The topological polar surface area (TPSA) is 53.1 Å². The van der Waals surface area contributed by atoms with Crippen LogP contribution < -0.4 is 9.64 Å². The van der Waals surface area contributed by atoms with Crippen LogP contribution in [0.1, 0.15) is 61.6 Å². The van der Waals surface area contributed by atoms with E-state index in [0.717, 1.165) is 55.7 Å². The fourth-order valence-corrected chi connectivity index (χ4v) is 6.15. The number of anilines is 1. The lowest BCUT2D eigenvalue weighted by molar-refractivity contribution is -0.132. The van der Waals surface area contributed by atoms with Gasteiger partial charge in [0.15, 0.2) is 6.61 Å². The number of fused-ring (bicyclic) bond motifs is 1. The van der Waals surface area contributed by atoms with E-state index in [1.54, 1.807) is 0 Å². The minimum absolute atomic E-state index is 0.0322. The van der Waals surface area contributed by atoms with Gasteiger partial charge in [-0.05, 0) is 60.9 Å². The first-order chi connectivity index (χ1) is 20.6. The summed E-state index contributed by atoms with van der Waals surface area (Å²) in [6, 6.07) is 26.2. The Hall–Kier alpha value is -3.64. The van der Waals surface area contributed by atoms with Gasteiger partial charge in [0.25, 0.3) is 5.91 Å². The number of hydrogen-bond donors (Lipinski definition) is 0. The average molecular weight is 568 g/mol. The molecule has 6 heteroatoms. The largest absolute Gasteiger partial charge is 0.484 e. The third-order valence-corrected chi connectivity index (χ3v) is 8.71. The number of rotatable bonds is 8. The number of benzene rings is 3. The minimum Gasteiger partial charge on any atom is -0.484 e. The summed E-state index contributed by atoms with van der Waals surface area (Å²) in [6.45, 7) is 6.49. The second-order valence-corrected chi connectivity index (χ2v) is 11.8. The Balaban J connectivity index is 1.40. The van der Waals surface area contributed by atoms with Gasteiger partial charge < -0.3 is 14.5 Å². The molecule has 0 spiro atoms. The third-order valence-electron chi connectivity index (χ3n) is 8.71. The second-order valence-electron chi connectivity index (χ2n) is 11.8. The van der Waals surface area contributed by atoms with Crippen LogP contribution in [0.4, 0.5) is 5.69 Å². The molecule has 1 fully saturated rings. The van der Waals surface area contributed by atoms with Crippen LogP contribution in [0.2, 0.25) is 0 Å². The van der Waals surface area contributed by atoms with Gasteiger partial charge in [0.2, 0.25) is 5.91 Å². The van der Waals surface area contributed by atoms with E-state index in [9.17, 15) is 9.59 Å². The highest BCUT2D eigenvalue weighted by molar-refractivity contribution is 5.96. The van der Waals surface area contributed by atoms with E-state index in [1.807, 2.05) is 52.3 Å². The van der Waals surface area contributed by atoms with Crippen LogP contribution in [-0.2, 0) is 22.7 Å². The summed E-state index contributed by atoms with van der Waals surface area (Å²) in [5, 5.41) is 0. The van der Waals surface area contributed by atoms with Gasteiger partial charge in [-0.1, -0.05) is 86.0 Å². The fraction of sp³-hybridized carbons (Fsp3) is 0.444. The number of hydrogen-bond acceptors (Lipinski definition) is 4. The van der Waals surface area contributed by atoms with E-state index < -0.39 is 0 Å². The normalized spacial score (nSPS) is 17.0. The van der Waals surface area contributed by atoms with Crippen LogP contribution in [0.15, 0.2) is 78.9 Å². The van der Waals surface area contributed by atoms with Crippen LogP contribution in [-0.4, -0.2) is 54.4 Å². The van der Waals surface area contributed by atoms with Crippen molar-refractivity contribution in [1.29, 1.82) is 0 Å². The van der Waals surface area contributed by atoms with E-state index in [-0.39, 0.29) is 18.4 Å². The predicted molar refractivity (Wildman–Crippen MR) is 168 cm³/mol. The van der Waals surface area contributed by atoms with Crippen molar-refractivity contribution in [3.63, 3.8) is 0 Å². The van der Waals surface area contributed by atoms with Gasteiger partial charge in [0.05, 0.1) is 5.69 Å². The molecule has 0 atom stereocenters. The molecule has 1 heterocycles. The van der Waals surface area contributed by atoms with Gasteiger partial charge in [-0.25, -0.2) is 0 Å². The maximum absolute atomic E-state index is 13.8. The molecule has 3 aromatic rings. The van der Waals surface area contributed by atoms with E-state index in [4.69, 9.17) is 4.74 Å². The molecule has 0 bridgehead atoms. The zero-order valence-corrected chi connectivity index (χ0v) is 25.0. The lowest BCUT2D eigenvalue weighted by Crippen LogP contribution is -2.41. The van der Waals surface area contributed by atoms with Crippen molar-refractivity contribution in [3.8, 4) is 5.75 Å². The summed E-state index contributed by atoms with van der Waals surface area (Å²) in [7, 11) is 0. The van der Waals surface area contributed by atoms with Gasteiger partial charge in [0.1, 0.15) is 5.75 Å². The summed E-state index contributed by atoms with van der Waals surface area (Å²) < 4.78 is 5.91. The van der Waals surface area contributed by atoms with Crippen molar-refractivity contribution >= 4 is 17.5 Å². The predicted octanol–water partition coefficient (Wildman–Crippen LogP) is 6.61. The molecule has 0 saturated heterocycles. The molecule has 5 rings (SSSR count). The molecule has 1 saturated carbocycles. The maximum atomic E-state index is 13.8. The Labute approximate surface area is 251 Å². The molecule has 1 aliphatic heterocycles. The quantitative estimate of drug-likeness (QED) is 0.307. The van der Waals surface area contributed by atoms with Gasteiger partial charge in [-0.2, -0.15) is 0 Å². The Morgan fingerprint density at radius 3 is 2.21 bits per heavy atom. The molecular formula is C36H45N3O3. The Bertz CT molecular complexity index is 1290. The SMILES string of the molecule is Cc1cccc2c1N(C(=O)COc1ccccc1)CCCN(Cc1ccccc1)CCCN(C(=O)CCC1CCC1)C2. The van der Waals surface area contributed by atoms with E-state index >= 15 is 0 Å². The lowest BCUT2D eigenvalue weighted by atomic mass is 9.82. The Kier molecular flexibility index (Phi) is 10.7. The molecular weight excluding hydrogens is 522 g/mol. The number of para-hydroxylation sites is 2.